The lowest BCUT2D eigenvalue weighted by atomic mass is 10.1. The van der Waals surface area contributed by atoms with Crippen LogP contribution in [0.2, 0.25) is 5.02 Å². The van der Waals surface area contributed by atoms with Crippen molar-refractivity contribution in [3.8, 4) is 0 Å². The summed E-state index contributed by atoms with van der Waals surface area (Å²) in [6, 6.07) is 4.78. The highest BCUT2D eigenvalue weighted by Crippen LogP contribution is 2.18. The molecule has 1 N–H and O–H groups in total. The summed E-state index contributed by atoms with van der Waals surface area (Å²) < 4.78 is 13.4. The first-order valence-electron chi connectivity index (χ1n) is 5.75. The van der Waals surface area contributed by atoms with Gasteiger partial charge in [-0.25, -0.2) is 4.39 Å². The van der Waals surface area contributed by atoms with Crippen LogP contribution in [-0.2, 0) is 6.54 Å². The molecule has 0 unspecified atom stereocenters. The van der Waals surface area contributed by atoms with Crippen LogP contribution in [0, 0.1) is 11.7 Å². The predicted octanol–water partition coefficient (Wildman–Crippen LogP) is 4.00. The molecule has 0 aromatic heterocycles. The van der Waals surface area contributed by atoms with Gasteiger partial charge in [0.05, 0.1) is 0 Å². The number of hydrogen-bond acceptors (Lipinski definition) is 1. The van der Waals surface area contributed by atoms with E-state index in [1.807, 2.05) is 0 Å². The molecule has 1 aromatic rings. The lowest BCUT2D eigenvalue weighted by Crippen LogP contribution is -2.16. The maximum absolute atomic E-state index is 13.4. The van der Waals surface area contributed by atoms with Crippen LogP contribution in [0.15, 0.2) is 18.2 Å². The van der Waals surface area contributed by atoms with Gasteiger partial charge in [0, 0.05) is 17.1 Å². The van der Waals surface area contributed by atoms with Crippen LogP contribution in [0.1, 0.15) is 32.3 Å². The van der Waals surface area contributed by atoms with Crippen molar-refractivity contribution in [1.82, 2.24) is 5.32 Å². The molecule has 0 fully saturated rings. The SMILES string of the molecule is CC(C)CCCNCc1c(F)cccc1Cl. The Kier molecular flexibility index (Phi) is 5.78. The highest BCUT2D eigenvalue weighted by atomic mass is 35.5. The van der Waals surface area contributed by atoms with E-state index in [-0.39, 0.29) is 5.82 Å². The van der Waals surface area contributed by atoms with E-state index in [9.17, 15) is 4.39 Å². The Morgan fingerprint density at radius 1 is 1.38 bits per heavy atom. The third-order valence-electron chi connectivity index (χ3n) is 2.50. The van der Waals surface area contributed by atoms with Gasteiger partial charge in [-0.15, -0.1) is 0 Å². The highest BCUT2D eigenvalue weighted by Gasteiger charge is 2.05. The molecule has 0 heterocycles. The van der Waals surface area contributed by atoms with Crippen LogP contribution < -0.4 is 5.32 Å². The van der Waals surface area contributed by atoms with Gasteiger partial charge in [0.1, 0.15) is 5.82 Å². The molecule has 0 aliphatic carbocycles. The molecule has 1 nitrogen and oxygen atoms in total. The van der Waals surface area contributed by atoms with Gasteiger partial charge in [-0.3, -0.25) is 0 Å². The molecule has 0 atom stereocenters. The van der Waals surface area contributed by atoms with Gasteiger partial charge in [-0.1, -0.05) is 31.5 Å². The largest absolute Gasteiger partial charge is 0.313 e. The van der Waals surface area contributed by atoms with Crippen LogP contribution >= 0.6 is 11.6 Å². The van der Waals surface area contributed by atoms with Gasteiger partial charge < -0.3 is 5.32 Å². The normalized spacial score (nSPS) is 11.1. The van der Waals surface area contributed by atoms with Crippen molar-refractivity contribution in [2.45, 2.75) is 33.2 Å². The lowest BCUT2D eigenvalue weighted by Gasteiger charge is -2.08. The van der Waals surface area contributed by atoms with E-state index in [4.69, 9.17) is 11.6 Å². The molecular weight excluding hydrogens is 225 g/mol. The number of rotatable bonds is 6. The number of hydrogen-bond donors (Lipinski definition) is 1. The van der Waals surface area contributed by atoms with Crippen LogP contribution in [0.25, 0.3) is 0 Å². The minimum absolute atomic E-state index is 0.233. The molecule has 1 rings (SSSR count). The monoisotopic (exact) mass is 243 g/mol. The quantitative estimate of drug-likeness (QED) is 0.745. The minimum Gasteiger partial charge on any atom is -0.313 e. The summed E-state index contributed by atoms with van der Waals surface area (Å²) in [7, 11) is 0. The van der Waals surface area contributed by atoms with Crippen LogP contribution in [0.4, 0.5) is 4.39 Å². The summed E-state index contributed by atoms with van der Waals surface area (Å²) in [5.74, 6) is 0.489. The molecule has 0 saturated carbocycles. The first-order chi connectivity index (χ1) is 7.61. The molecule has 0 saturated heterocycles. The van der Waals surface area contributed by atoms with E-state index in [2.05, 4.69) is 19.2 Å². The van der Waals surface area contributed by atoms with Crippen molar-refractivity contribution >= 4 is 11.6 Å². The van der Waals surface area contributed by atoms with E-state index in [0.29, 0.717) is 17.1 Å². The van der Waals surface area contributed by atoms with Crippen molar-refractivity contribution < 1.29 is 4.39 Å². The van der Waals surface area contributed by atoms with Gasteiger partial charge in [-0.2, -0.15) is 0 Å². The van der Waals surface area contributed by atoms with Gasteiger partial charge in [0.25, 0.3) is 0 Å². The Labute approximate surface area is 102 Å². The fourth-order valence-electron chi connectivity index (χ4n) is 1.55. The second kappa shape index (κ2) is 6.87. The summed E-state index contributed by atoms with van der Waals surface area (Å²) in [4.78, 5) is 0. The second-order valence-corrected chi connectivity index (χ2v) is 4.82. The van der Waals surface area contributed by atoms with E-state index >= 15 is 0 Å². The van der Waals surface area contributed by atoms with Crippen molar-refractivity contribution in [2.24, 2.45) is 5.92 Å². The molecular formula is C13H19ClFN. The molecule has 1 aromatic carbocycles. The zero-order valence-corrected chi connectivity index (χ0v) is 10.6. The maximum Gasteiger partial charge on any atom is 0.129 e. The van der Waals surface area contributed by atoms with E-state index in [1.54, 1.807) is 12.1 Å². The highest BCUT2D eigenvalue weighted by molar-refractivity contribution is 6.31. The summed E-state index contributed by atoms with van der Waals surface area (Å²) in [6.07, 6.45) is 2.31. The first-order valence-corrected chi connectivity index (χ1v) is 6.12. The van der Waals surface area contributed by atoms with Crippen LogP contribution in [-0.4, -0.2) is 6.54 Å². The number of halogens is 2. The smallest absolute Gasteiger partial charge is 0.129 e. The predicted molar refractivity (Wildman–Crippen MR) is 67.2 cm³/mol. The first kappa shape index (κ1) is 13.5. The third kappa shape index (κ3) is 4.50. The third-order valence-corrected chi connectivity index (χ3v) is 2.85. The molecule has 0 radical (unpaired) electrons. The average Bonchev–Trinajstić information content (AvgIpc) is 2.21. The van der Waals surface area contributed by atoms with Crippen molar-refractivity contribution in [2.75, 3.05) is 6.54 Å². The summed E-state index contributed by atoms with van der Waals surface area (Å²) >= 11 is 5.91. The van der Waals surface area contributed by atoms with E-state index in [0.717, 1.165) is 18.9 Å². The Balaban J connectivity index is 2.32. The Morgan fingerprint density at radius 3 is 2.75 bits per heavy atom. The molecule has 0 amide bonds. The molecule has 16 heavy (non-hydrogen) atoms. The van der Waals surface area contributed by atoms with Gasteiger partial charge in [-0.05, 0) is 37.4 Å². The second-order valence-electron chi connectivity index (χ2n) is 4.41. The molecule has 0 bridgehead atoms. The number of benzene rings is 1. The van der Waals surface area contributed by atoms with Crippen LogP contribution in [0.5, 0.6) is 0 Å². The average molecular weight is 244 g/mol. The maximum atomic E-state index is 13.4. The Morgan fingerprint density at radius 2 is 2.12 bits per heavy atom. The minimum atomic E-state index is -0.233. The van der Waals surface area contributed by atoms with Crippen LogP contribution in [0.3, 0.4) is 0 Å². The molecule has 3 heteroatoms. The van der Waals surface area contributed by atoms with E-state index in [1.165, 1.54) is 12.5 Å². The summed E-state index contributed by atoms with van der Waals surface area (Å²) in [5, 5.41) is 3.71. The van der Waals surface area contributed by atoms with Gasteiger partial charge in [0.2, 0.25) is 0 Å². The fourth-order valence-corrected chi connectivity index (χ4v) is 1.78. The van der Waals surface area contributed by atoms with Crippen molar-refractivity contribution in [3.63, 3.8) is 0 Å². The van der Waals surface area contributed by atoms with Gasteiger partial charge in [0.15, 0.2) is 0 Å². The zero-order valence-electron chi connectivity index (χ0n) is 9.89. The lowest BCUT2D eigenvalue weighted by molar-refractivity contribution is 0.521. The number of nitrogens with one attached hydrogen (secondary N) is 1. The Hall–Kier alpha value is -0.600. The molecule has 0 spiro atoms. The van der Waals surface area contributed by atoms with Gasteiger partial charge >= 0.3 is 0 Å². The standard InChI is InChI=1S/C13H19ClFN/c1-10(2)5-4-8-16-9-11-12(14)6-3-7-13(11)15/h3,6-7,10,16H,4-5,8-9H2,1-2H3. The van der Waals surface area contributed by atoms with Crippen molar-refractivity contribution in [1.29, 1.82) is 0 Å². The zero-order chi connectivity index (χ0) is 12.0. The Bertz CT molecular complexity index is 305. The summed E-state index contributed by atoms with van der Waals surface area (Å²) in [6.45, 7) is 5.81. The molecule has 0 aliphatic rings. The van der Waals surface area contributed by atoms with Crippen molar-refractivity contribution in [3.05, 3.63) is 34.6 Å². The topological polar surface area (TPSA) is 12.0 Å². The van der Waals surface area contributed by atoms with E-state index < -0.39 is 0 Å². The molecule has 0 aliphatic heterocycles. The fraction of sp³-hybridized carbons (Fsp3) is 0.538. The summed E-state index contributed by atoms with van der Waals surface area (Å²) in [5.41, 5.74) is 0.564. The molecule has 90 valence electrons.